The van der Waals surface area contributed by atoms with E-state index in [1.54, 1.807) is 29.4 Å². The molecule has 2 heterocycles. The SMILES string of the molecule is C[C@H]1[C@@H](C(=O)OC(C)(C)C)CCCN1C(=O)c1cccnc1. The second-order valence-corrected chi connectivity index (χ2v) is 6.76. The van der Waals surface area contributed by atoms with E-state index >= 15 is 0 Å². The number of hydrogen-bond donors (Lipinski definition) is 0. The first kappa shape index (κ1) is 16.5. The van der Waals surface area contributed by atoms with Crippen molar-refractivity contribution < 1.29 is 14.3 Å². The molecule has 0 N–H and O–H groups in total. The van der Waals surface area contributed by atoms with E-state index in [9.17, 15) is 9.59 Å². The van der Waals surface area contributed by atoms with Crippen LogP contribution < -0.4 is 0 Å². The molecular formula is C17H24N2O3. The van der Waals surface area contributed by atoms with Gasteiger partial charge in [0.15, 0.2) is 0 Å². The molecule has 1 aromatic rings. The summed E-state index contributed by atoms with van der Waals surface area (Å²) in [7, 11) is 0. The summed E-state index contributed by atoms with van der Waals surface area (Å²) in [6, 6.07) is 3.32. The summed E-state index contributed by atoms with van der Waals surface area (Å²) in [5, 5.41) is 0. The summed E-state index contributed by atoms with van der Waals surface area (Å²) in [5.74, 6) is -0.564. The molecule has 2 atom stereocenters. The highest BCUT2D eigenvalue weighted by Crippen LogP contribution is 2.27. The lowest BCUT2D eigenvalue weighted by molar-refractivity contribution is -0.163. The van der Waals surface area contributed by atoms with E-state index in [2.05, 4.69) is 4.98 Å². The Morgan fingerprint density at radius 1 is 1.36 bits per heavy atom. The van der Waals surface area contributed by atoms with Gasteiger partial charge < -0.3 is 9.64 Å². The minimum atomic E-state index is -0.508. The highest BCUT2D eigenvalue weighted by Gasteiger charge is 2.37. The maximum absolute atomic E-state index is 12.6. The number of hydrogen-bond acceptors (Lipinski definition) is 4. The largest absolute Gasteiger partial charge is 0.460 e. The zero-order chi connectivity index (χ0) is 16.3. The van der Waals surface area contributed by atoms with Crippen LogP contribution in [0, 0.1) is 5.92 Å². The van der Waals surface area contributed by atoms with Gasteiger partial charge in [-0.2, -0.15) is 0 Å². The molecule has 5 heteroatoms. The molecule has 0 saturated carbocycles. The molecule has 0 aromatic carbocycles. The van der Waals surface area contributed by atoms with E-state index in [1.807, 2.05) is 27.7 Å². The molecule has 5 nitrogen and oxygen atoms in total. The molecule has 1 aromatic heterocycles. The van der Waals surface area contributed by atoms with Crippen molar-refractivity contribution in [3.63, 3.8) is 0 Å². The predicted molar refractivity (Wildman–Crippen MR) is 83.3 cm³/mol. The van der Waals surface area contributed by atoms with Gasteiger partial charge in [0.05, 0.1) is 11.5 Å². The van der Waals surface area contributed by atoms with Crippen LogP contribution in [0.4, 0.5) is 0 Å². The molecule has 2 rings (SSSR count). The van der Waals surface area contributed by atoms with Crippen LogP contribution in [0.5, 0.6) is 0 Å². The van der Waals surface area contributed by atoms with Crippen LogP contribution >= 0.6 is 0 Å². The van der Waals surface area contributed by atoms with Crippen molar-refractivity contribution in [2.75, 3.05) is 6.54 Å². The van der Waals surface area contributed by atoms with E-state index in [4.69, 9.17) is 4.74 Å². The second kappa shape index (κ2) is 6.46. The highest BCUT2D eigenvalue weighted by molar-refractivity contribution is 5.94. The Labute approximate surface area is 131 Å². The van der Waals surface area contributed by atoms with E-state index < -0.39 is 5.60 Å². The first-order chi connectivity index (χ1) is 10.3. The maximum atomic E-state index is 12.6. The van der Waals surface area contributed by atoms with Crippen molar-refractivity contribution in [1.82, 2.24) is 9.88 Å². The molecule has 1 saturated heterocycles. The van der Waals surface area contributed by atoms with Crippen LogP contribution in [-0.4, -0.2) is 39.9 Å². The van der Waals surface area contributed by atoms with Gasteiger partial charge in [-0.3, -0.25) is 14.6 Å². The quantitative estimate of drug-likeness (QED) is 0.788. The van der Waals surface area contributed by atoms with Crippen molar-refractivity contribution in [1.29, 1.82) is 0 Å². The van der Waals surface area contributed by atoms with Crippen LogP contribution in [0.1, 0.15) is 50.9 Å². The molecule has 1 aliphatic heterocycles. The van der Waals surface area contributed by atoms with Crippen molar-refractivity contribution in [3.05, 3.63) is 30.1 Å². The Morgan fingerprint density at radius 3 is 2.68 bits per heavy atom. The first-order valence-electron chi connectivity index (χ1n) is 7.73. The van der Waals surface area contributed by atoms with Crippen molar-refractivity contribution in [2.45, 2.75) is 52.2 Å². The molecule has 1 fully saturated rings. The third-order valence-corrected chi connectivity index (χ3v) is 3.87. The van der Waals surface area contributed by atoms with Crippen LogP contribution in [-0.2, 0) is 9.53 Å². The smallest absolute Gasteiger partial charge is 0.311 e. The van der Waals surface area contributed by atoms with Gasteiger partial charge in [-0.05, 0) is 52.7 Å². The molecule has 0 radical (unpaired) electrons. The standard InChI is InChI=1S/C17H24N2O3/c1-12-14(16(21)22-17(2,3)4)8-6-10-19(12)15(20)13-7-5-9-18-11-13/h5,7,9,11-12,14H,6,8,10H2,1-4H3/t12-,14-/m0/s1. The molecular weight excluding hydrogens is 280 g/mol. The lowest BCUT2D eigenvalue weighted by Gasteiger charge is -2.39. The van der Waals surface area contributed by atoms with E-state index in [-0.39, 0.29) is 23.8 Å². The number of pyridine rings is 1. The van der Waals surface area contributed by atoms with Gasteiger partial charge in [-0.15, -0.1) is 0 Å². The molecule has 0 unspecified atom stereocenters. The third kappa shape index (κ3) is 3.84. The number of likely N-dealkylation sites (tertiary alicyclic amines) is 1. The number of aromatic nitrogens is 1. The van der Waals surface area contributed by atoms with Gasteiger partial charge >= 0.3 is 5.97 Å². The fourth-order valence-corrected chi connectivity index (χ4v) is 2.78. The summed E-state index contributed by atoms with van der Waals surface area (Å²) >= 11 is 0. The number of carbonyl (C=O) groups is 2. The zero-order valence-corrected chi connectivity index (χ0v) is 13.7. The monoisotopic (exact) mass is 304 g/mol. The average Bonchev–Trinajstić information content (AvgIpc) is 2.46. The topological polar surface area (TPSA) is 59.5 Å². The van der Waals surface area contributed by atoms with Gasteiger partial charge in [-0.1, -0.05) is 0 Å². The lowest BCUT2D eigenvalue weighted by atomic mass is 9.89. The van der Waals surface area contributed by atoms with Gasteiger partial charge in [0.1, 0.15) is 5.60 Å². The Balaban J connectivity index is 2.11. The average molecular weight is 304 g/mol. The molecule has 0 aliphatic carbocycles. The van der Waals surface area contributed by atoms with E-state index in [0.717, 1.165) is 12.8 Å². The van der Waals surface area contributed by atoms with Crippen LogP contribution in [0.25, 0.3) is 0 Å². The maximum Gasteiger partial charge on any atom is 0.311 e. The van der Waals surface area contributed by atoms with Gasteiger partial charge in [0.2, 0.25) is 0 Å². The predicted octanol–water partition coefficient (Wildman–Crippen LogP) is 2.66. The Hall–Kier alpha value is -1.91. The summed E-state index contributed by atoms with van der Waals surface area (Å²) in [5.41, 5.74) is 0.0473. The number of carbonyl (C=O) groups excluding carboxylic acids is 2. The summed E-state index contributed by atoms with van der Waals surface area (Å²) < 4.78 is 5.49. The molecule has 0 spiro atoms. The minimum Gasteiger partial charge on any atom is -0.460 e. The molecule has 120 valence electrons. The Kier molecular flexibility index (Phi) is 4.84. The van der Waals surface area contributed by atoms with Crippen LogP contribution in [0.15, 0.2) is 24.5 Å². The third-order valence-electron chi connectivity index (χ3n) is 3.87. The summed E-state index contributed by atoms with van der Waals surface area (Å²) in [6.45, 7) is 8.15. The number of piperidine rings is 1. The van der Waals surface area contributed by atoms with Crippen molar-refractivity contribution in [3.8, 4) is 0 Å². The number of amides is 1. The number of esters is 1. The number of rotatable bonds is 2. The Bertz CT molecular complexity index is 537. The van der Waals surface area contributed by atoms with E-state index in [0.29, 0.717) is 12.1 Å². The summed E-state index contributed by atoms with van der Waals surface area (Å²) in [6.07, 6.45) is 4.76. The number of ether oxygens (including phenoxy) is 1. The minimum absolute atomic E-state index is 0.0751. The lowest BCUT2D eigenvalue weighted by Crippen LogP contribution is -2.50. The zero-order valence-electron chi connectivity index (χ0n) is 13.7. The van der Waals surface area contributed by atoms with Gasteiger partial charge in [0, 0.05) is 25.0 Å². The van der Waals surface area contributed by atoms with E-state index in [1.165, 1.54) is 0 Å². The Morgan fingerprint density at radius 2 is 2.09 bits per heavy atom. The molecule has 0 bridgehead atoms. The molecule has 1 amide bonds. The second-order valence-electron chi connectivity index (χ2n) is 6.76. The summed E-state index contributed by atoms with van der Waals surface area (Å²) in [4.78, 5) is 30.7. The first-order valence-corrected chi connectivity index (χ1v) is 7.73. The fraction of sp³-hybridized carbons (Fsp3) is 0.588. The van der Waals surface area contributed by atoms with Crippen LogP contribution in [0.3, 0.4) is 0 Å². The normalized spacial score (nSPS) is 22.3. The van der Waals surface area contributed by atoms with Gasteiger partial charge in [-0.25, -0.2) is 0 Å². The highest BCUT2D eigenvalue weighted by atomic mass is 16.6. The van der Waals surface area contributed by atoms with Gasteiger partial charge in [0.25, 0.3) is 5.91 Å². The molecule has 1 aliphatic rings. The molecule has 22 heavy (non-hydrogen) atoms. The number of nitrogens with zero attached hydrogens (tertiary/aromatic N) is 2. The fourth-order valence-electron chi connectivity index (χ4n) is 2.78. The van der Waals surface area contributed by atoms with Crippen LogP contribution in [0.2, 0.25) is 0 Å². The van der Waals surface area contributed by atoms with Crippen molar-refractivity contribution >= 4 is 11.9 Å². The van der Waals surface area contributed by atoms with Crippen molar-refractivity contribution in [2.24, 2.45) is 5.92 Å².